The molecule has 174 valence electrons. The molecule has 0 bridgehead atoms. The molecule has 1 aromatic heterocycles. The Morgan fingerprint density at radius 3 is 2.45 bits per heavy atom. The van der Waals surface area contributed by atoms with Gasteiger partial charge in [-0.25, -0.2) is 9.97 Å². The second-order valence-corrected chi connectivity index (χ2v) is 10.5. The largest absolute Gasteiger partial charge is 0.356 e. The summed E-state index contributed by atoms with van der Waals surface area (Å²) in [5.74, 6) is 2.63. The molecule has 0 saturated carbocycles. The van der Waals surface area contributed by atoms with Gasteiger partial charge in [0.25, 0.3) is 0 Å². The Labute approximate surface area is 206 Å². The van der Waals surface area contributed by atoms with Gasteiger partial charge in [-0.3, -0.25) is 4.90 Å². The number of hydrogen-bond donors (Lipinski definition) is 0. The van der Waals surface area contributed by atoms with Crippen LogP contribution < -0.4 is 4.90 Å². The third kappa shape index (κ3) is 5.62. The van der Waals surface area contributed by atoms with E-state index in [2.05, 4.69) is 38.0 Å². The maximum atomic E-state index is 6.18. The SMILES string of the molecule is Clc1ccc(CN2CCCCC(C3CCN(c4ncnc5cc(Cl)ccc45)C3)CCC2)cc1. The molecule has 4 nitrogen and oxygen atoms in total. The second kappa shape index (κ2) is 10.6. The van der Waals surface area contributed by atoms with E-state index in [4.69, 9.17) is 23.2 Å². The van der Waals surface area contributed by atoms with Crippen molar-refractivity contribution in [1.82, 2.24) is 14.9 Å². The molecule has 2 fully saturated rings. The summed E-state index contributed by atoms with van der Waals surface area (Å²) in [6.45, 7) is 5.60. The summed E-state index contributed by atoms with van der Waals surface area (Å²) in [4.78, 5) is 14.2. The fraction of sp³-hybridized carbons (Fsp3) is 0.481. The molecular weight excluding hydrogens is 451 g/mol. The van der Waals surface area contributed by atoms with E-state index < -0.39 is 0 Å². The Morgan fingerprint density at radius 1 is 0.788 bits per heavy atom. The lowest BCUT2D eigenvalue weighted by molar-refractivity contribution is 0.254. The van der Waals surface area contributed by atoms with Gasteiger partial charge in [-0.15, -0.1) is 0 Å². The van der Waals surface area contributed by atoms with Crippen LogP contribution in [-0.2, 0) is 6.54 Å². The Morgan fingerprint density at radius 2 is 1.58 bits per heavy atom. The number of aromatic nitrogens is 2. The summed E-state index contributed by atoms with van der Waals surface area (Å²) in [6.07, 6.45) is 9.52. The summed E-state index contributed by atoms with van der Waals surface area (Å²) >= 11 is 12.2. The van der Waals surface area contributed by atoms with Crippen molar-refractivity contribution in [1.29, 1.82) is 0 Å². The molecule has 2 atom stereocenters. The molecule has 3 aromatic rings. The highest BCUT2D eigenvalue weighted by atomic mass is 35.5. The maximum absolute atomic E-state index is 6.18. The molecule has 2 saturated heterocycles. The van der Waals surface area contributed by atoms with Crippen LogP contribution in [0.5, 0.6) is 0 Å². The zero-order valence-electron chi connectivity index (χ0n) is 19.1. The summed E-state index contributed by atoms with van der Waals surface area (Å²) in [5.41, 5.74) is 2.29. The molecule has 33 heavy (non-hydrogen) atoms. The van der Waals surface area contributed by atoms with Gasteiger partial charge < -0.3 is 4.90 Å². The third-order valence-electron chi connectivity index (χ3n) is 7.44. The first-order chi connectivity index (χ1) is 16.2. The van der Waals surface area contributed by atoms with Crippen molar-refractivity contribution in [2.24, 2.45) is 11.8 Å². The van der Waals surface area contributed by atoms with Gasteiger partial charge in [-0.2, -0.15) is 0 Å². The Hall–Kier alpha value is -1.88. The van der Waals surface area contributed by atoms with Crippen LogP contribution in [0.1, 0.15) is 44.1 Å². The van der Waals surface area contributed by atoms with Gasteiger partial charge in [0, 0.05) is 35.1 Å². The minimum absolute atomic E-state index is 0.724. The molecule has 0 N–H and O–H groups in total. The van der Waals surface area contributed by atoms with Crippen molar-refractivity contribution in [2.75, 3.05) is 31.1 Å². The number of benzene rings is 2. The van der Waals surface area contributed by atoms with E-state index in [0.29, 0.717) is 0 Å². The zero-order chi connectivity index (χ0) is 22.6. The molecule has 0 spiro atoms. The van der Waals surface area contributed by atoms with E-state index in [1.807, 2.05) is 24.3 Å². The van der Waals surface area contributed by atoms with E-state index in [1.165, 1.54) is 57.2 Å². The lowest BCUT2D eigenvalue weighted by Gasteiger charge is -2.25. The lowest BCUT2D eigenvalue weighted by Crippen LogP contribution is -2.26. The Kier molecular flexibility index (Phi) is 7.34. The first-order valence-electron chi connectivity index (χ1n) is 12.3. The molecule has 5 rings (SSSR count). The first-order valence-corrected chi connectivity index (χ1v) is 13.0. The van der Waals surface area contributed by atoms with Crippen LogP contribution in [0.3, 0.4) is 0 Å². The Bertz CT molecular complexity index is 1070. The molecular formula is C27H32Cl2N4. The molecule has 0 radical (unpaired) electrons. The van der Waals surface area contributed by atoms with E-state index >= 15 is 0 Å². The average Bonchev–Trinajstić information content (AvgIpc) is 3.33. The number of rotatable bonds is 4. The van der Waals surface area contributed by atoms with Crippen LogP contribution in [-0.4, -0.2) is 41.0 Å². The highest BCUT2D eigenvalue weighted by Gasteiger charge is 2.31. The highest BCUT2D eigenvalue weighted by Crippen LogP contribution is 2.36. The van der Waals surface area contributed by atoms with E-state index in [9.17, 15) is 0 Å². The van der Waals surface area contributed by atoms with Gasteiger partial charge in [0.05, 0.1) is 5.52 Å². The van der Waals surface area contributed by atoms with Gasteiger partial charge in [0.1, 0.15) is 12.1 Å². The fourth-order valence-corrected chi connectivity index (χ4v) is 5.98. The monoisotopic (exact) mass is 482 g/mol. The van der Waals surface area contributed by atoms with Crippen molar-refractivity contribution in [3.05, 3.63) is 64.4 Å². The van der Waals surface area contributed by atoms with Gasteiger partial charge in [0.15, 0.2) is 0 Å². The minimum atomic E-state index is 0.724. The number of hydrogen-bond acceptors (Lipinski definition) is 4. The van der Waals surface area contributed by atoms with E-state index in [1.54, 1.807) is 6.33 Å². The van der Waals surface area contributed by atoms with Crippen LogP contribution in [0.25, 0.3) is 10.9 Å². The van der Waals surface area contributed by atoms with Gasteiger partial charge in [0.2, 0.25) is 0 Å². The standard InChI is InChI=1S/C27H32Cl2N4/c28-23-8-6-20(7-9-23)17-32-13-2-1-4-21(5-3-14-32)22-12-15-33(18-22)27-25-11-10-24(29)16-26(25)30-19-31-27/h6-11,16,19,21-22H,1-5,12-15,17-18H2. The van der Waals surface area contributed by atoms with Crippen molar-refractivity contribution >= 4 is 39.9 Å². The Balaban J connectivity index is 1.20. The molecule has 3 heterocycles. The number of anilines is 1. The van der Waals surface area contributed by atoms with Crippen molar-refractivity contribution in [3.8, 4) is 0 Å². The normalized spacial score (nSPS) is 22.8. The number of fused-ring (bicyclic) bond motifs is 1. The van der Waals surface area contributed by atoms with Crippen LogP contribution >= 0.6 is 23.2 Å². The van der Waals surface area contributed by atoms with Crippen LogP contribution in [0.2, 0.25) is 10.0 Å². The summed E-state index contributed by atoms with van der Waals surface area (Å²) < 4.78 is 0. The summed E-state index contributed by atoms with van der Waals surface area (Å²) in [6, 6.07) is 14.3. The fourth-order valence-electron chi connectivity index (χ4n) is 5.69. The predicted molar refractivity (Wildman–Crippen MR) is 138 cm³/mol. The lowest BCUT2D eigenvalue weighted by atomic mass is 9.84. The van der Waals surface area contributed by atoms with Crippen molar-refractivity contribution in [3.63, 3.8) is 0 Å². The van der Waals surface area contributed by atoms with Gasteiger partial charge >= 0.3 is 0 Å². The van der Waals surface area contributed by atoms with E-state index in [0.717, 1.165) is 58.2 Å². The predicted octanol–water partition coefficient (Wildman–Crippen LogP) is 6.85. The quantitative estimate of drug-likeness (QED) is 0.407. The molecule has 6 heteroatoms. The third-order valence-corrected chi connectivity index (χ3v) is 7.92. The maximum Gasteiger partial charge on any atom is 0.139 e. The van der Waals surface area contributed by atoms with E-state index in [-0.39, 0.29) is 0 Å². The van der Waals surface area contributed by atoms with Gasteiger partial charge in [-0.05, 0) is 86.5 Å². The van der Waals surface area contributed by atoms with Crippen LogP contribution in [0, 0.1) is 11.8 Å². The highest BCUT2D eigenvalue weighted by molar-refractivity contribution is 6.31. The average molecular weight is 483 g/mol. The number of nitrogens with zero attached hydrogens (tertiary/aromatic N) is 4. The van der Waals surface area contributed by atoms with Gasteiger partial charge in [-0.1, -0.05) is 48.2 Å². The first kappa shape index (κ1) is 22.9. The molecule has 2 unspecified atom stereocenters. The molecule has 2 aromatic carbocycles. The topological polar surface area (TPSA) is 32.3 Å². The van der Waals surface area contributed by atoms with Crippen LogP contribution in [0.4, 0.5) is 5.82 Å². The molecule has 2 aliphatic heterocycles. The zero-order valence-corrected chi connectivity index (χ0v) is 20.6. The van der Waals surface area contributed by atoms with Crippen LogP contribution in [0.15, 0.2) is 48.8 Å². The summed E-state index contributed by atoms with van der Waals surface area (Å²) in [7, 11) is 0. The molecule has 0 amide bonds. The van der Waals surface area contributed by atoms with Crippen molar-refractivity contribution < 1.29 is 0 Å². The minimum Gasteiger partial charge on any atom is -0.356 e. The smallest absolute Gasteiger partial charge is 0.139 e. The molecule has 0 aliphatic carbocycles. The number of halogens is 2. The second-order valence-electron chi connectivity index (χ2n) is 9.65. The van der Waals surface area contributed by atoms with Crippen molar-refractivity contribution in [2.45, 2.75) is 45.1 Å². The summed E-state index contributed by atoms with van der Waals surface area (Å²) in [5, 5.41) is 2.65. The molecule has 2 aliphatic rings.